The largest absolute Gasteiger partial charge is 0.357 e. The molecule has 0 spiro atoms. The fourth-order valence-electron chi connectivity index (χ4n) is 3.65. The summed E-state index contributed by atoms with van der Waals surface area (Å²) in [6, 6.07) is 14.5. The van der Waals surface area contributed by atoms with Crippen molar-refractivity contribution in [3.05, 3.63) is 94.5 Å². The molecule has 0 aliphatic rings. The summed E-state index contributed by atoms with van der Waals surface area (Å²) >= 11 is 1.44. The Labute approximate surface area is 227 Å². The van der Waals surface area contributed by atoms with Crippen LogP contribution in [0.3, 0.4) is 0 Å². The quantitative estimate of drug-likeness (QED) is 0.208. The van der Waals surface area contributed by atoms with Gasteiger partial charge in [0.1, 0.15) is 11.0 Å². The van der Waals surface area contributed by atoms with E-state index in [0.717, 1.165) is 22.9 Å². The van der Waals surface area contributed by atoms with Crippen molar-refractivity contribution in [1.29, 1.82) is 0 Å². The number of thiazole rings is 1. The molecule has 0 aliphatic carbocycles. The summed E-state index contributed by atoms with van der Waals surface area (Å²) in [6.07, 6.45) is 1.78. The van der Waals surface area contributed by atoms with Crippen LogP contribution in [0.2, 0.25) is 0 Å². The topological polar surface area (TPSA) is 137 Å². The highest BCUT2D eigenvalue weighted by molar-refractivity contribution is 7.87. The minimum absolute atomic E-state index is 0.180. The van der Waals surface area contributed by atoms with Gasteiger partial charge in [-0.1, -0.05) is 69.8 Å². The SMILES string of the molecule is C=CC(=O)N[C@@H](Cc1ccccc1)C(=O)N[C@@H](Cc1ccc(NS(=O)(=O)O)cc1)c1nc(C(C)(C)C)cs1. The molecule has 11 heteroatoms. The van der Waals surface area contributed by atoms with Crippen LogP contribution in [0.5, 0.6) is 0 Å². The second-order valence-electron chi connectivity index (χ2n) is 9.82. The Kier molecular flexibility index (Phi) is 9.42. The minimum Gasteiger partial charge on any atom is -0.345 e. The molecule has 38 heavy (non-hydrogen) atoms. The molecule has 0 radical (unpaired) electrons. The van der Waals surface area contributed by atoms with Crippen LogP contribution in [0.15, 0.2) is 72.6 Å². The van der Waals surface area contributed by atoms with Crippen LogP contribution >= 0.6 is 11.3 Å². The van der Waals surface area contributed by atoms with Gasteiger partial charge in [0.05, 0.1) is 17.4 Å². The lowest BCUT2D eigenvalue weighted by Crippen LogP contribution is -2.48. The van der Waals surface area contributed by atoms with Gasteiger partial charge in [0.2, 0.25) is 11.8 Å². The molecule has 0 saturated carbocycles. The summed E-state index contributed by atoms with van der Waals surface area (Å²) < 4.78 is 33.2. The Morgan fingerprint density at radius 3 is 2.21 bits per heavy atom. The lowest BCUT2D eigenvalue weighted by atomic mass is 9.93. The predicted molar refractivity (Wildman–Crippen MR) is 149 cm³/mol. The summed E-state index contributed by atoms with van der Waals surface area (Å²) in [4.78, 5) is 30.4. The summed E-state index contributed by atoms with van der Waals surface area (Å²) in [7, 11) is -4.39. The van der Waals surface area contributed by atoms with Crippen molar-refractivity contribution < 1.29 is 22.6 Å². The number of anilines is 1. The maximum Gasteiger partial charge on any atom is 0.357 e. The number of benzene rings is 2. The van der Waals surface area contributed by atoms with Gasteiger partial charge in [-0.25, -0.2) is 4.98 Å². The smallest absolute Gasteiger partial charge is 0.345 e. The fraction of sp³-hybridized carbons (Fsp3) is 0.296. The number of nitrogens with one attached hydrogen (secondary N) is 3. The van der Waals surface area contributed by atoms with Crippen LogP contribution in [0.25, 0.3) is 0 Å². The van der Waals surface area contributed by atoms with Crippen molar-refractivity contribution in [3.8, 4) is 0 Å². The van der Waals surface area contributed by atoms with Crippen molar-refractivity contribution in [2.24, 2.45) is 0 Å². The zero-order valence-electron chi connectivity index (χ0n) is 21.5. The van der Waals surface area contributed by atoms with E-state index in [1.807, 2.05) is 40.4 Å². The first-order valence-corrected chi connectivity index (χ1v) is 14.2. The van der Waals surface area contributed by atoms with E-state index in [4.69, 9.17) is 9.54 Å². The Bertz CT molecular complexity index is 1360. The molecule has 202 valence electrons. The molecule has 3 aromatic rings. The van der Waals surface area contributed by atoms with Gasteiger partial charge in [-0.15, -0.1) is 11.3 Å². The highest BCUT2D eigenvalue weighted by Crippen LogP contribution is 2.29. The summed E-state index contributed by atoms with van der Waals surface area (Å²) in [6.45, 7) is 9.66. The summed E-state index contributed by atoms with van der Waals surface area (Å²) in [5, 5.41) is 8.45. The molecule has 2 atom stereocenters. The highest BCUT2D eigenvalue weighted by Gasteiger charge is 2.27. The second kappa shape index (κ2) is 12.3. The molecule has 1 aromatic heterocycles. The number of carbonyl (C=O) groups excluding carboxylic acids is 2. The van der Waals surface area contributed by atoms with Gasteiger partial charge in [-0.2, -0.15) is 8.42 Å². The van der Waals surface area contributed by atoms with Gasteiger partial charge in [-0.3, -0.25) is 18.9 Å². The second-order valence-corrected chi connectivity index (χ2v) is 11.9. The average Bonchev–Trinajstić information content (AvgIpc) is 3.35. The van der Waals surface area contributed by atoms with Crippen LogP contribution in [0.4, 0.5) is 5.69 Å². The normalized spacial score (nSPS) is 13.3. The summed E-state index contributed by atoms with van der Waals surface area (Å²) in [5.41, 5.74) is 2.61. The van der Waals surface area contributed by atoms with Crippen LogP contribution in [-0.2, 0) is 38.1 Å². The van der Waals surface area contributed by atoms with E-state index in [2.05, 4.69) is 38.0 Å². The van der Waals surface area contributed by atoms with E-state index in [1.165, 1.54) is 23.5 Å². The lowest BCUT2D eigenvalue weighted by Gasteiger charge is -2.23. The van der Waals surface area contributed by atoms with E-state index < -0.39 is 28.3 Å². The number of aromatic nitrogens is 1. The minimum atomic E-state index is -4.39. The van der Waals surface area contributed by atoms with Crippen LogP contribution in [0, 0.1) is 0 Å². The molecule has 9 nitrogen and oxygen atoms in total. The number of carbonyl (C=O) groups is 2. The van der Waals surface area contributed by atoms with Crippen LogP contribution in [0.1, 0.15) is 48.6 Å². The molecule has 4 N–H and O–H groups in total. The standard InChI is InChI=1S/C27H32N4O5S2/c1-5-24(32)28-21(15-18-9-7-6-8-10-18)25(33)29-22(26-30-23(17-37-26)27(2,3)4)16-19-11-13-20(14-12-19)31-38(34,35)36/h5-14,17,21-22,31H,1,15-16H2,2-4H3,(H,28,32)(H,29,33)(H,34,35,36)/t21-,22-/m0/s1. The highest BCUT2D eigenvalue weighted by atomic mass is 32.2. The van der Waals surface area contributed by atoms with Crippen molar-refractivity contribution in [2.75, 3.05) is 4.72 Å². The van der Waals surface area contributed by atoms with E-state index in [1.54, 1.807) is 12.1 Å². The molecule has 0 bridgehead atoms. The molecule has 0 saturated heterocycles. The zero-order chi connectivity index (χ0) is 27.9. The fourth-order valence-corrected chi connectivity index (χ4v) is 5.18. The Balaban J connectivity index is 1.88. The third-order valence-corrected chi connectivity index (χ3v) is 7.10. The van der Waals surface area contributed by atoms with Crippen molar-refractivity contribution in [3.63, 3.8) is 0 Å². The van der Waals surface area contributed by atoms with Gasteiger partial charge < -0.3 is 10.6 Å². The maximum atomic E-state index is 13.5. The number of hydrogen-bond acceptors (Lipinski definition) is 6. The molecular weight excluding hydrogens is 524 g/mol. The molecule has 1 heterocycles. The molecule has 3 rings (SSSR count). The van der Waals surface area contributed by atoms with Gasteiger partial charge in [-0.05, 0) is 35.8 Å². The maximum absolute atomic E-state index is 13.5. The van der Waals surface area contributed by atoms with Gasteiger partial charge in [0, 0.05) is 17.2 Å². The zero-order valence-corrected chi connectivity index (χ0v) is 23.1. The number of nitrogens with zero attached hydrogens (tertiary/aromatic N) is 1. The van der Waals surface area contributed by atoms with Gasteiger partial charge in [0.25, 0.3) is 0 Å². The van der Waals surface area contributed by atoms with Crippen molar-refractivity contribution in [1.82, 2.24) is 15.6 Å². The molecule has 0 fully saturated rings. The molecule has 2 aromatic carbocycles. The average molecular weight is 557 g/mol. The predicted octanol–water partition coefficient (Wildman–Crippen LogP) is 3.97. The molecular formula is C27H32N4O5S2. The van der Waals surface area contributed by atoms with E-state index >= 15 is 0 Å². The van der Waals surface area contributed by atoms with E-state index in [9.17, 15) is 18.0 Å². The molecule has 0 unspecified atom stereocenters. The number of amides is 2. The van der Waals surface area contributed by atoms with Crippen molar-refractivity contribution in [2.45, 2.75) is 51.1 Å². The van der Waals surface area contributed by atoms with Crippen molar-refractivity contribution >= 4 is 39.1 Å². The molecule has 0 aliphatic heterocycles. The summed E-state index contributed by atoms with van der Waals surface area (Å²) in [5.74, 6) is -0.824. The Hall–Kier alpha value is -3.54. The Morgan fingerprint density at radius 1 is 1.03 bits per heavy atom. The van der Waals surface area contributed by atoms with Crippen LogP contribution in [-0.4, -0.2) is 35.8 Å². The van der Waals surface area contributed by atoms with Crippen LogP contribution < -0.4 is 15.4 Å². The van der Waals surface area contributed by atoms with Gasteiger partial charge >= 0.3 is 10.3 Å². The first-order valence-electron chi connectivity index (χ1n) is 11.9. The number of hydrogen-bond donors (Lipinski definition) is 4. The third-order valence-electron chi connectivity index (χ3n) is 5.65. The first kappa shape index (κ1) is 29.0. The van der Waals surface area contributed by atoms with Gasteiger partial charge in [0.15, 0.2) is 0 Å². The first-order chi connectivity index (χ1) is 17.8. The number of rotatable bonds is 11. The van der Waals surface area contributed by atoms with E-state index in [-0.39, 0.29) is 17.0 Å². The Morgan fingerprint density at radius 2 is 1.66 bits per heavy atom. The third kappa shape index (κ3) is 8.79. The van der Waals surface area contributed by atoms with E-state index in [0.29, 0.717) is 17.8 Å². The monoisotopic (exact) mass is 556 g/mol. The lowest BCUT2D eigenvalue weighted by molar-refractivity contribution is -0.127. The molecule has 2 amide bonds.